The van der Waals surface area contributed by atoms with Gasteiger partial charge in [0.05, 0.1) is 18.1 Å². The summed E-state index contributed by atoms with van der Waals surface area (Å²) in [6, 6.07) is -0.584. The molecule has 0 amide bonds. The number of nitrogens with two attached hydrogens (primary N) is 1. The monoisotopic (exact) mass is 289 g/mol. The van der Waals surface area contributed by atoms with Crippen LogP contribution in [0.2, 0.25) is 0 Å². The minimum absolute atomic E-state index is 0.0982. The van der Waals surface area contributed by atoms with Gasteiger partial charge >= 0.3 is 6.18 Å². The third-order valence-corrected chi connectivity index (χ3v) is 2.57. The average molecular weight is 289 g/mol. The Morgan fingerprint density at radius 1 is 1.20 bits per heavy atom. The van der Waals surface area contributed by atoms with Crippen LogP contribution in [0.4, 0.5) is 23.5 Å². The number of hydrogen-bond acceptors (Lipinski definition) is 4. The number of aromatic nitrogens is 4. The fourth-order valence-electron chi connectivity index (χ4n) is 1.83. The number of halogens is 4. The van der Waals surface area contributed by atoms with Crippen molar-refractivity contribution in [1.29, 1.82) is 0 Å². The van der Waals surface area contributed by atoms with Crippen molar-refractivity contribution in [3.05, 3.63) is 24.0 Å². The Hall–Kier alpha value is -2.19. The standard InChI is InChI=1S/C11H11F4N5/c1-5(2)20-7(4-17-9(20)11(13,14)15)8-6(12)3-18-10(16)19-8/h3-5H,1-2H3,(H2,16,18,19). The molecule has 0 aliphatic heterocycles. The molecule has 2 N–H and O–H groups in total. The molecule has 2 heterocycles. The van der Waals surface area contributed by atoms with Gasteiger partial charge in [0.1, 0.15) is 5.69 Å². The number of hydrogen-bond donors (Lipinski definition) is 1. The lowest BCUT2D eigenvalue weighted by molar-refractivity contribution is -0.147. The fourth-order valence-corrected chi connectivity index (χ4v) is 1.83. The van der Waals surface area contributed by atoms with Crippen LogP contribution in [0.15, 0.2) is 12.4 Å². The summed E-state index contributed by atoms with van der Waals surface area (Å²) in [4.78, 5) is 10.4. The molecule has 0 bridgehead atoms. The highest BCUT2D eigenvalue weighted by Gasteiger charge is 2.38. The van der Waals surface area contributed by atoms with E-state index in [4.69, 9.17) is 5.73 Å². The molecule has 0 spiro atoms. The summed E-state index contributed by atoms with van der Waals surface area (Å²) in [5, 5.41) is 0. The van der Waals surface area contributed by atoms with E-state index in [0.717, 1.165) is 17.0 Å². The fraction of sp³-hybridized carbons (Fsp3) is 0.364. The van der Waals surface area contributed by atoms with Gasteiger partial charge in [-0.25, -0.2) is 19.3 Å². The molecule has 0 aliphatic carbocycles. The molecule has 5 nitrogen and oxygen atoms in total. The van der Waals surface area contributed by atoms with Gasteiger partial charge in [0.25, 0.3) is 0 Å². The van der Waals surface area contributed by atoms with Crippen LogP contribution in [0.25, 0.3) is 11.4 Å². The first-order chi connectivity index (χ1) is 9.21. The van der Waals surface area contributed by atoms with E-state index >= 15 is 0 Å². The Bertz CT molecular complexity index is 632. The van der Waals surface area contributed by atoms with Crippen LogP contribution in [-0.4, -0.2) is 19.5 Å². The zero-order valence-corrected chi connectivity index (χ0v) is 10.6. The highest BCUT2D eigenvalue weighted by atomic mass is 19.4. The van der Waals surface area contributed by atoms with E-state index in [0.29, 0.717) is 0 Å². The minimum Gasteiger partial charge on any atom is -0.368 e. The second-order valence-corrected chi connectivity index (χ2v) is 4.35. The maximum absolute atomic E-state index is 13.7. The predicted molar refractivity (Wildman–Crippen MR) is 63.0 cm³/mol. The van der Waals surface area contributed by atoms with Crippen molar-refractivity contribution in [2.75, 3.05) is 5.73 Å². The van der Waals surface area contributed by atoms with Gasteiger partial charge < -0.3 is 10.3 Å². The van der Waals surface area contributed by atoms with Crippen molar-refractivity contribution in [3.63, 3.8) is 0 Å². The maximum atomic E-state index is 13.7. The molecule has 0 atom stereocenters. The van der Waals surface area contributed by atoms with Gasteiger partial charge in [-0.2, -0.15) is 13.2 Å². The van der Waals surface area contributed by atoms with E-state index in [1.165, 1.54) is 13.8 Å². The first-order valence-electron chi connectivity index (χ1n) is 5.64. The van der Waals surface area contributed by atoms with Crippen LogP contribution in [-0.2, 0) is 6.18 Å². The molecular formula is C11H11F4N5. The number of imidazole rings is 1. The zero-order valence-electron chi connectivity index (χ0n) is 10.6. The van der Waals surface area contributed by atoms with Crippen LogP contribution in [0.1, 0.15) is 25.7 Å². The molecule has 9 heteroatoms. The SMILES string of the molecule is CC(C)n1c(-c2nc(N)ncc2F)cnc1C(F)(F)F. The maximum Gasteiger partial charge on any atom is 0.449 e. The van der Waals surface area contributed by atoms with Crippen molar-refractivity contribution in [3.8, 4) is 11.4 Å². The zero-order chi connectivity index (χ0) is 15.1. The molecule has 0 aliphatic rings. The minimum atomic E-state index is -4.64. The second kappa shape index (κ2) is 4.73. The van der Waals surface area contributed by atoms with Gasteiger partial charge in [-0.3, -0.25) is 0 Å². The molecule has 0 saturated carbocycles. The average Bonchev–Trinajstić information content (AvgIpc) is 2.76. The summed E-state index contributed by atoms with van der Waals surface area (Å²) >= 11 is 0. The summed E-state index contributed by atoms with van der Waals surface area (Å²) in [7, 11) is 0. The van der Waals surface area contributed by atoms with Gasteiger partial charge in [-0.1, -0.05) is 0 Å². The van der Waals surface area contributed by atoms with E-state index in [1.54, 1.807) is 0 Å². The summed E-state index contributed by atoms with van der Waals surface area (Å²) in [6.07, 6.45) is -2.91. The van der Waals surface area contributed by atoms with Crippen molar-refractivity contribution in [2.24, 2.45) is 0 Å². The molecule has 0 unspecified atom stereocenters. The molecule has 108 valence electrons. The van der Waals surface area contributed by atoms with Gasteiger partial charge in [0.15, 0.2) is 5.82 Å². The lowest BCUT2D eigenvalue weighted by atomic mass is 10.2. The largest absolute Gasteiger partial charge is 0.449 e. The van der Waals surface area contributed by atoms with Crippen molar-refractivity contribution in [2.45, 2.75) is 26.1 Å². The third kappa shape index (κ3) is 2.43. The Kier molecular flexibility index (Phi) is 3.36. The summed E-state index contributed by atoms with van der Waals surface area (Å²) in [6.45, 7) is 3.06. The molecule has 0 aromatic carbocycles. The van der Waals surface area contributed by atoms with E-state index in [1.807, 2.05) is 0 Å². The summed E-state index contributed by atoms with van der Waals surface area (Å²) in [5.74, 6) is -2.21. The van der Waals surface area contributed by atoms with Crippen LogP contribution >= 0.6 is 0 Å². The number of anilines is 1. The molecular weight excluding hydrogens is 278 g/mol. The molecule has 0 saturated heterocycles. The highest BCUT2D eigenvalue weighted by molar-refractivity contribution is 5.56. The van der Waals surface area contributed by atoms with Crippen molar-refractivity contribution in [1.82, 2.24) is 19.5 Å². The van der Waals surface area contributed by atoms with Crippen LogP contribution < -0.4 is 5.73 Å². The first kappa shape index (κ1) is 14.2. The molecule has 2 rings (SSSR count). The second-order valence-electron chi connectivity index (χ2n) is 4.35. The Morgan fingerprint density at radius 2 is 1.85 bits per heavy atom. The molecule has 2 aromatic rings. The molecule has 0 fully saturated rings. The third-order valence-electron chi connectivity index (χ3n) is 2.57. The topological polar surface area (TPSA) is 69.6 Å². The Morgan fingerprint density at radius 3 is 2.40 bits per heavy atom. The quantitative estimate of drug-likeness (QED) is 0.863. The van der Waals surface area contributed by atoms with E-state index in [9.17, 15) is 17.6 Å². The van der Waals surface area contributed by atoms with Gasteiger partial charge in [0, 0.05) is 6.04 Å². The smallest absolute Gasteiger partial charge is 0.368 e. The molecule has 2 aromatic heterocycles. The van der Waals surface area contributed by atoms with E-state index in [-0.39, 0.29) is 17.3 Å². The number of nitrogen functional groups attached to an aromatic ring is 1. The van der Waals surface area contributed by atoms with E-state index in [2.05, 4.69) is 15.0 Å². The lowest BCUT2D eigenvalue weighted by Crippen LogP contribution is -2.17. The molecule has 20 heavy (non-hydrogen) atoms. The number of alkyl halides is 3. The van der Waals surface area contributed by atoms with Crippen molar-refractivity contribution < 1.29 is 17.6 Å². The summed E-state index contributed by atoms with van der Waals surface area (Å²) in [5.41, 5.74) is 4.93. The first-order valence-corrected chi connectivity index (χ1v) is 5.64. The van der Waals surface area contributed by atoms with Gasteiger partial charge in [0.2, 0.25) is 11.8 Å². The van der Waals surface area contributed by atoms with E-state index < -0.39 is 23.9 Å². The normalized spacial score (nSPS) is 12.2. The lowest BCUT2D eigenvalue weighted by Gasteiger charge is -2.17. The van der Waals surface area contributed by atoms with Crippen molar-refractivity contribution >= 4 is 5.95 Å². The van der Waals surface area contributed by atoms with Crippen LogP contribution in [0.5, 0.6) is 0 Å². The highest BCUT2D eigenvalue weighted by Crippen LogP contribution is 2.34. The van der Waals surface area contributed by atoms with Crippen LogP contribution in [0.3, 0.4) is 0 Å². The Balaban J connectivity index is 2.69. The number of nitrogens with zero attached hydrogens (tertiary/aromatic N) is 4. The summed E-state index contributed by atoms with van der Waals surface area (Å²) < 4.78 is 53.2. The number of rotatable bonds is 2. The van der Waals surface area contributed by atoms with Gasteiger partial charge in [-0.05, 0) is 13.8 Å². The molecule has 0 radical (unpaired) electrons. The van der Waals surface area contributed by atoms with Gasteiger partial charge in [-0.15, -0.1) is 0 Å². The Labute approximate surface area is 111 Å². The predicted octanol–water partition coefficient (Wildman–Crippen LogP) is 2.66. The van der Waals surface area contributed by atoms with Crippen LogP contribution in [0, 0.1) is 5.82 Å².